The van der Waals surface area contributed by atoms with Crippen molar-refractivity contribution in [1.82, 2.24) is 0 Å². The van der Waals surface area contributed by atoms with Gasteiger partial charge >= 0.3 is 0 Å². The smallest absolute Gasteiger partial charge is 0.264 e. The highest BCUT2D eigenvalue weighted by atomic mass is 32.2. The average Bonchev–Trinajstić information content (AvgIpc) is 2.97. The van der Waals surface area contributed by atoms with Crippen LogP contribution in [0.1, 0.15) is 15.9 Å². The average molecular weight is 596 g/mol. The Balaban J connectivity index is 1.53. The summed E-state index contributed by atoms with van der Waals surface area (Å²) in [4.78, 5) is 13.3. The molecule has 0 saturated carbocycles. The zero-order chi connectivity index (χ0) is 29.8. The molecule has 0 aliphatic carbocycles. The molecule has 10 nitrogen and oxygen atoms in total. The number of carbonyl (C=O) groups excluding carboxylic acids is 1. The van der Waals surface area contributed by atoms with E-state index in [4.69, 9.17) is 9.47 Å². The lowest BCUT2D eigenvalue weighted by Crippen LogP contribution is -2.29. The quantitative estimate of drug-likeness (QED) is 0.267. The van der Waals surface area contributed by atoms with Gasteiger partial charge < -0.3 is 14.8 Å². The van der Waals surface area contributed by atoms with Crippen LogP contribution in [0.4, 0.5) is 17.1 Å². The van der Waals surface area contributed by atoms with Crippen LogP contribution in [-0.4, -0.2) is 44.0 Å². The van der Waals surface area contributed by atoms with Crippen LogP contribution < -0.4 is 23.8 Å². The summed E-state index contributed by atoms with van der Waals surface area (Å²) in [5.74, 6) is 0.221. The summed E-state index contributed by atoms with van der Waals surface area (Å²) in [7, 11) is -3.63. The Kier molecular flexibility index (Phi) is 8.55. The largest absolute Gasteiger partial charge is 0.497 e. The SMILES string of the molecule is COc1ccc(NS(=O)(=O)c2ccc(NC(=O)c3ccccc3N(C)S(=O)(=O)c3ccc(C)cc3)cc2)c(OC)c1. The van der Waals surface area contributed by atoms with E-state index in [1.807, 2.05) is 6.92 Å². The molecule has 4 aromatic carbocycles. The van der Waals surface area contributed by atoms with Crippen LogP contribution in [0.15, 0.2) is 101 Å². The van der Waals surface area contributed by atoms with Crippen LogP contribution in [0, 0.1) is 6.92 Å². The van der Waals surface area contributed by atoms with Gasteiger partial charge in [-0.2, -0.15) is 0 Å². The molecule has 41 heavy (non-hydrogen) atoms. The van der Waals surface area contributed by atoms with Gasteiger partial charge in [0.05, 0.1) is 40.9 Å². The lowest BCUT2D eigenvalue weighted by Gasteiger charge is -2.22. The normalized spacial score (nSPS) is 11.4. The third kappa shape index (κ3) is 6.44. The molecule has 0 spiro atoms. The van der Waals surface area contributed by atoms with Gasteiger partial charge in [0.2, 0.25) is 0 Å². The minimum absolute atomic E-state index is 0.0438. The fourth-order valence-electron chi connectivity index (χ4n) is 3.94. The van der Waals surface area contributed by atoms with Gasteiger partial charge in [0.15, 0.2) is 0 Å². The first-order valence-corrected chi connectivity index (χ1v) is 15.2. The monoisotopic (exact) mass is 595 g/mol. The highest BCUT2D eigenvalue weighted by Gasteiger charge is 2.25. The number of nitrogens with one attached hydrogen (secondary N) is 2. The molecule has 0 radical (unpaired) electrons. The second kappa shape index (κ2) is 11.9. The fraction of sp³-hybridized carbons (Fsp3) is 0.138. The van der Waals surface area contributed by atoms with Crippen molar-refractivity contribution >= 4 is 43.0 Å². The maximum atomic E-state index is 13.2. The number of hydrogen-bond donors (Lipinski definition) is 2. The summed E-state index contributed by atoms with van der Waals surface area (Å²) in [5, 5.41) is 2.70. The molecule has 214 valence electrons. The minimum Gasteiger partial charge on any atom is -0.497 e. The van der Waals surface area contributed by atoms with E-state index in [9.17, 15) is 21.6 Å². The summed E-state index contributed by atoms with van der Waals surface area (Å²) < 4.78 is 66.4. The van der Waals surface area contributed by atoms with Crippen LogP contribution in [0.3, 0.4) is 0 Å². The van der Waals surface area contributed by atoms with Gasteiger partial charge in [0.1, 0.15) is 11.5 Å². The number of rotatable bonds is 10. The molecule has 0 aliphatic rings. The molecule has 4 aromatic rings. The molecule has 0 saturated heterocycles. The van der Waals surface area contributed by atoms with Crippen molar-refractivity contribution in [2.75, 3.05) is 35.6 Å². The number of aryl methyl sites for hydroxylation is 1. The Morgan fingerprint density at radius 2 is 1.41 bits per heavy atom. The number of carbonyl (C=O) groups is 1. The van der Waals surface area contributed by atoms with Crippen molar-refractivity contribution in [3.63, 3.8) is 0 Å². The predicted molar refractivity (Wildman–Crippen MR) is 158 cm³/mol. The molecule has 1 amide bonds. The second-order valence-electron chi connectivity index (χ2n) is 8.95. The topological polar surface area (TPSA) is 131 Å². The first kappa shape index (κ1) is 29.4. The number of benzene rings is 4. The van der Waals surface area contributed by atoms with E-state index in [1.54, 1.807) is 36.4 Å². The molecule has 0 fully saturated rings. The van der Waals surface area contributed by atoms with Gasteiger partial charge in [-0.25, -0.2) is 16.8 Å². The standard InChI is InChI=1S/C29H29N3O7S2/c1-20-9-14-24(15-10-20)41(36,37)32(2)27-8-6-5-7-25(27)29(33)30-21-11-16-23(17-12-21)40(34,35)31-26-18-13-22(38-3)19-28(26)39-4/h5-19,31H,1-4H3,(H,30,33). The molecule has 4 rings (SSSR count). The van der Waals surface area contributed by atoms with Crippen molar-refractivity contribution in [3.05, 3.63) is 102 Å². The number of nitrogens with zero attached hydrogens (tertiary/aromatic N) is 1. The Bertz CT molecular complexity index is 1770. The van der Waals surface area contributed by atoms with E-state index in [0.717, 1.165) is 9.87 Å². The van der Waals surface area contributed by atoms with Crippen molar-refractivity contribution < 1.29 is 31.1 Å². The first-order chi connectivity index (χ1) is 19.5. The Labute approximate surface area is 239 Å². The van der Waals surface area contributed by atoms with Gasteiger partial charge in [-0.3, -0.25) is 13.8 Å². The lowest BCUT2D eigenvalue weighted by molar-refractivity contribution is 0.102. The van der Waals surface area contributed by atoms with Crippen LogP contribution in [0.5, 0.6) is 11.5 Å². The van der Waals surface area contributed by atoms with E-state index >= 15 is 0 Å². The maximum absolute atomic E-state index is 13.2. The highest BCUT2D eigenvalue weighted by molar-refractivity contribution is 7.93. The number of ether oxygens (including phenoxy) is 2. The number of anilines is 3. The van der Waals surface area contributed by atoms with Gasteiger partial charge in [-0.1, -0.05) is 29.8 Å². The molecular weight excluding hydrogens is 566 g/mol. The summed E-state index contributed by atoms with van der Waals surface area (Å²) in [6.45, 7) is 1.86. The van der Waals surface area contributed by atoms with E-state index in [0.29, 0.717) is 11.4 Å². The predicted octanol–water partition coefficient (Wildman–Crippen LogP) is 4.89. The molecule has 0 atom stereocenters. The zero-order valence-electron chi connectivity index (χ0n) is 22.8. The molecule has 0 bridgehead atoms. The van der Waals surface area contributed by atoms with Crippen molar-refractivity contribution in [3.8, 4) is 11.5 Å². The highest BCUT2D eigenvalue weighted by Crippen LogP contribution is 2.31. The molecule has 0 heterocycles. The van der Waals surface area contributed by atoms with Crippen molar-refractivity contribution in [2.45, 2.75) is 16.7 Å². The van der Waals surface area contributed by atoms with Crippen LogP contribution >= 0.6 is 0 Å². The van der Waals surface area contributed by atoms with Crippen LogP contribution in [-0.2, 0) is 20.0 Å². The van der Waals surface area contributed by atoms with Crippen molar-refractivity contribution in [2.24, 2.45) is 0 Å². The van der Waals surface area contributed by atoms with Crippen molar-refractivity contribution in [1.29, 1.82) is 0 Å². The van der Waals surface area contributed by atoms with Gasteiger partial charge in [0, 0.05) is 18.8 Å². The van der Waals surface area contributed by atoms with E-state index in [-0.39, 0.29) is 32.5 Å². The summed E-state index contributed by atoms with van der Waals surface area (Å²) in [6.07, 6.45) is 0. The molecule has 12 heteroatoms. The Hall–Kier alpha value is -4.55. The Morgan fingerprint density at radius 1 is 0.780 bits per heavy atom. The number of hydrogen-bond acceptors (Lipinski definition) is 7. The van der Waals surface area contributed by atoms with Gasteiger partial charge in [-0.05, 0) is 67.6 Å². The lowest BCUT2D eigenvalue weighted by atomic mass is 10.1. The Morgan fingerprint density at radius 3 is 2.05 bits per heavy atom. The molecule has 0 aliphatic heterocycles. The summed E-state index contributed by atoms with van der Waals surface area (Å²) in [5.41, 5.74) is 1.77. The van der Waals surface area contributed by atoms with E-state index < -0.39 is 26.0 Å². The number of para-hydroxylation sites is 1. The van der Waals surface area contributed by atoms with Crippen LogP contribution in [0.25, 0.3) is 0 Å². The first-order valence-electron chi connectivity index (χ1n) is 12.3. The zero-order valence-corrected chi connectivity index (χ0v) is 24.4. The third-order valence-electron chi connectivity index (χ3n) is 6.24. The maximum Gasteiger partial charge on any atom is 0.264 e. The molecule has 0 aromatic heterocycles. The fourth-order valence-corrected chi connectivity index (χ4v) is 6.23. The van der Waals surface area contributed by atoms with Gasteiger partial charge in [-0.15, -0.1) is 0 Å². The number of sulfonamides is 2. The third-order valence-corrected chi connectivity index (χ3v) is 9.41. The summed E-state index contributed by atoms with van der Waals surface area (Å²) >= 11 is 0. The summed E-state index contributed by atoms with van der Waals surface area (Å²) in [6, 6.07) is 23.0. The van der Waals surface area contributed by atoms with Crippen LogP contribution in [0.2, 0.25) is 0 Å². The second-order valence-corrected chi connectivity index (χ2v) is 12.6. The van der Waals surface area contributed by atoms with E-state index in [2.05, 4.69) is 10.0 Å². The number of amides is 1. The molecular formula is C29H29N3O7S2. The molecule has 0 unspecified atom stereocenters. The molecule has 2 N–H and O–H groups in total. The minimum atomic E-state index is -3.98. The van der Waals surface area contributed by atoms with E-state index in [1.165, 1.54) is 75.9 Å². The van der Waals surface area contributed by atoms with Gasteiger partial charge in [0.25, 0.3) is 26.0 Å². The number of methoxy groups -OCH3 is 2.